The Morgan fingerprint density at radius 3 is 2.26 bits per heavy atom. The predicted molar refractivity (Wildman–Crippen MR) is 75.9 cm³/mol. The molecule has 1 amide bonds. The summed E-state index contributed by atoms with van der Waals surface area (Å²) in [4.78, 5) is 15.8. The largest absolute Gasteiger partial charge is 0.355 e. The molecule has 0 atom stereocenters. The van der Waals surface area contributed by atoms with Gasteiger partial charge in [0.05, 0.1) is 12.3 Å². The molecule has 7 heteroatoms. The lowest BCUT2D eigenvalue weighted by Gasteiger charge is -2.34. The molecular weight excluding hydrogens is 266 g/mol. The van der Waals surface area contributed by atoms with E-state index in [0.717, 1.165) is 39.1 Å². The Balaban J connectivity index is 2.20. The molecule has 1 N–H and O–H groups in total. The van der Waals surface area contributed by atoms with E-state index in [0.29, 0.717) is 13.1 Å². The normalized spacial score (nSPS) is 18.4. The maximum Gasteiger partial charge on any atom is 0.234 e. The van der Waals surface area contributed by atoms with Gasteiger partial charge in [-0.3, -0.25) is 14.6 Å². The van der Waals surface area contributed by atoms with Crippen LogP contribution in [0.2, 0.25) is 0 Å². The molecule has 0 bridgehead atoms. The van der Waals surface area contributed by atoms with Crippen LogP contribution >= 0.6 is 0 Å². The maximum atomic E-state index is 11.6. The second kappa shape index (κ2) is 7.81. The Morgan fingerprint density at radius 1 is 1.16 bits per heavy atom. The second-order valence-electron chi connectivity index (χ2n) is 5.10. The van der Waals surface area contributed by atoms with Gasteiger partial charge in [-0.1, -0.05) is 6.92 Å². The zero-order valence-corrected chi connectivity index (χ0v) is 12.7. The average Bonchev–Trinajstić information content (AvgIpc) is 2.34. The minimum Gasteiger partial charge on any atom is -0.355 e. The molecule has 1 fully saturated rings. The summed E-state index contributed by atoms with van der Waals surface area (Å²) in [7, 11) is -2.89. The van der Waals surface area contributed by atoms with Crippen LogP contribution in [0.3, 0.4) is 0 Å². The minimum absolute atomic E-state index is 0.0754. The zero-order chi connectivity index (χ0) is 14.3. The first-order valence-corrected chi connectivity index (χ1v) is 8.86. The van der Waals surface area contributed by atoms with Gasteiger partial charge in [0.25, 0.3) is 0 Å². The van der Waals surface area contributed by atoms with Crippen LogP contribution in [0, 0.1) is 0 Å². The van der Waals surface area contributed by atoms with Gasteiger partial charge in [-0.05, 0) is 6.42 Å². The molecule has 112 valence electrons. The fourth-order valence-electron chi connectivity index (χ4n) is 1.99. The molecule has 1 aliphatic rings. The van der Waals surface area contributed by atoms with Gasteiger partial charge in [0.15, 0.2) is 0 Å². The third-order valence-electron chi connectivity index (χ3n) is 3.18. The number of amides is 1. The van der Waals surface area contributed by atoms with Crippen molar-refractivity contribution in [3.63, 3.8) is 0 Å². The van der Waals surface area contributed by atoms with Crippen LogP contribution in [0.1, 0.15) is 13.3 Å². The van der Waals surface area contributed by atoms with Crippen LogP contribution in [0.4, 0.5) is 0 Å². The van der Waals surface area contributed by atoms with E-state index in [4.69, 9.17) is 0 Å². The average molecular weight is 291 g/mol. The van der Waals surface area contributed by atoms with Gasteiger partial charge in [-0.2, -0.15) is 0 Å². The number of hydrogen-bond acceptors (Lipinski definition) is 5. The highest BCUT2D eigenvalue weighted by Crippen LogP contribution is 2.01. The van der Waals surface area contributed by atoms with E-state index < -0.39 is 9.84 Å². The first-order valence-electron chi connectivity index (χ1n) is 6.80. The summed E-state index contributed by atoms with van der Waals surface area (Å²) in [5, 5.41) is 2.86. The zero-order valence-electron chi connectivity index (χ0n) is 11.9. The molecule has 19 heavy (non-hydrogen) atoms. The van der Waals surface area contributed by atoms with E-state index in [1.807, 2.05) is 6.92 Å². The van der Waals surface area contributed by atoms with E-state index in [-0.39, 0.29) is 11.7 Å². The lowest BCUT2D eigenvalue weighted by molar-refractivity contribution is -0.122. The Morgan fingerprint density at radius 2 is 1.74 bits per heavy atom. The number of piperazine rings is 1. The smallest absolute Gasteiger partial charge is 0.234 e. The van der Waals surface area contributed by atoms with Crippen LogP contribution < -0.4 is 5.32 Å². The summed E-state index contributed by atoms with van der Waals surface area (Å²) in [5.74, 6) is 0.288. The predicted octanol–water partition coefficient (Wildman–Crippen LogP) is -0.825. The van der Waals surface area contributed by atoms with Gasteiger partial charge in [-0.15, -0.1) is 0 Å². The van der Waals surface area contributed by atoms with Crippen molar-refractivity contribution in [3.05, 3.63) is 0 Å². The Labute approximate surface area is 116 Å². The van der Waals surface area contributed by atoms with Crippen molar-refractivity contribution in [3.8, 4) is 0 Å². The van der Waals surface area contributed by atoms with Crippen molar-refractivity contribution in [1.29, 1.82) is 0 Å². The fraction of sp³-hybridized carbons (Fsp3) is 0.917. The molecule has 0 aromatic carbocycles. The van der Waals surface area contributed by atoms with Crippen molar-refractivity contribution in [1.82, 2.24) is 15.1 Å². The van der Waals surface area contributed by atoms with Crippen LogP contribution in [0.15, 0.2) is 0 Å². The van der Waals surface area contributed by atoms with Crippen molar-refractivity contribution in [2.75, 3.05) is 57.8 Å². The Bertz CT molecular complexity index is 376. The van der Waals surface area contributed by atoms with Gasteiger partial charge in [0.2, 0.25) is 5.91 Å². The van der Waals surface area contributed by atoms with E-state index in [2.05, 4.69) is 15.1 Å². The minimum atomic E-state index is -2.89. The van der Waals surface area contributed by atoms with Gasteiger partial charge >= 0.3 is 0 Å². The number of nitrogens with zero attached hydrogens (tertiary/aromatic N) is 2. The van der Waals surface area contributed by atoms with Crippen LogP contribution in [-0.2, 0) is 14.6 Å². The molecule has 1 heterocycles. The van der Waals surface area contributed by atoms with Gasteiger partial charge in [0.1, 0.15) is 9.84 Å². The molecular formula is C12H25N3O3S. The first kappa shape index (κ1) is 16.4. The molecule has 0 radical (unpaired) electrons. The second-order valence-corrected chi connectivity index (χ2v) is 7.36. The highest BCUT2D eigenvalue weighted by Gasteiger charge is 2.19. The molecule has 0 spiro atoms. The highest BCUT2D eigenvalue weighted by molar-refractivity contribution is 7.90. The summed E-state index contributed by atoms with van der Waals surface area (Å²) in [6.45, 7) is 7.10. The molecule has 0 aromatic heterocycles. The van der Waals surface area contributed by atoms with Crippen molar-refractivity contribution in [2.45, 2.75) is 13.3 Å². The molecule has 0 aliphatic carbocycles. The third-order valence-corrected chi connectivity index (χ3v) is 4.11. The molecule has 1 aliphatic heterocycles. The molecule has 0 saturated carbocycles. The van der Waals surface area contributed by atoms with Crippen LogP contribution in [0.5, 0.6) is 0 Å². The van der Waals surface area contributed by atoms with E-state index in [1.54, 1.807) is 0 Å². The lowest BCUT2D eigenvalue weighted by Crippen LogP contribution is -2.50. The number of sulfone groups is 1. The molecule has 1 rings (SSSR count). The van der Waals surface area contributed by atoms with E-state index >= 15 is 0 Å². The fourth-order valence-corrected chi connectivity index (χ4v) is 2.58. The van der Waals surface area contributed by atoms with Crippen molar-refractivity contribution >= 4 is 15.7 Å². The molecule has 0 aromatic rings. The van der Waals surface area contributed by atoms with E-state index in [1.165, 1.54) is 6.26 Å². The SMILES string of the molecule is CCCNC(=O)CN1CCN(CCS(C)(=O)=O)CC1. The lowest BCUT2D eigenvalue weighted by atomic mass is 10.3. The molecule has 6 nitrogen and oxygen atoms in total. The van der Waals surface area contributed by atoms with Gasteiger partial charge < -0.3 is 5.32 Å². The number of hydrogen-bond donors (Lipinski definition) is 1. The Hall–Kier alpha value is -0.660. The summed E-state index contributed by atoms with van der Waals surface area (Å²) >= 11 is 0. The highest BCUT2D eigenvalue weighted by atomic mass is 32.2. The molecule has 0 unspecified atom stereocenters. The maximum absolute atomic E-state index is 11.6. The molecule has 1 saturated heterocycles. The first-order chi connectivity index (χ1) is 8.90. The van der Waals surface area contributed by atoms with Crippen molar-refractivity contribution < 1.29 is 13.2 Å². The monoisotopic (exact) mass is 291 g/mol. The van der Waals surface area contributed by atoms with Crippen LogP contribution in [-0.4, -0.2) is 81.9 Å². The number of carbonyl (C=O) groups excluding carboxylic acids is 1. The van der Waals surface area contributed by atoms with Crippen molar-refractivity contribution in [2.24, 2.45) is 0 Å². The topological polar surface area (TPSA) is 69.7 Å². The summed E-state index contributed by atoms with van der Waals surface area (Å²) in [5.41, 5.74) is 0. The Kier molecular flexibility index (Phi) is 6.74. The summed E-state index contributed by atoms with van der Waals surface area (Å²) in [6, 6.07) is 0. The van der Waals surface area contributed by atoms with Crippen LogP contribution in [0.25, 0.3) is 0 Å². The number of carbonyl (C=O) groups is 1. The summed E-state index contributed by atoms with van der Waals surface area (Å²) < 4.78 is 22.2. The number of nitrogens with one attached hydrogen (secondary N) is 1. The third kappa shape index (κ3) is 7.49. The van der Waals surface area contributed by atoms with Gasteiger partial charge in [-0.25, -0.2) is 8.42 Å². The quantitative estimate of drug-likeness (QED) is 0.663. The number of rotatable bonds is 7. The van der Waals surface area contributed by atoms with E-state index in [9.17, 15) is 13.2 Å². The standard InChI is InChI=1S/C12H25N3O3S/c1-3-4-13-12(16)11-15-7-5-14(6-8-15)9-10-19(2,17)18/h3-11H2,1-2H3,(H,13,16). The van der Waals surface area contributed by atoms with Gasteiger partial charge in [0, 0.05) is 45.5 Å². The summed E-state index contributed by atoms with van der Waals surface area (Å²) in [6.07, 6.45) is 2.21.